The molecule has 2 N–H and O–H groups in total. The fourth-order valence-corrected chi connectivity index (χ4v) is 2.97. The first-order valence-electron chi connectivity index (χ1n) is 9.22. The highest BCUT2D eigenvalue weighted by Crippen LogP contribution is 2.37. The summed E-state index contributed by atoms with van der Waals surface area (Å²) in [7, 11) is 0. The van der Waals surface area contributed by atoms with E-state index in [2.05, 4.69) is 15.7 Å². The maximum Gasteiger partial charge on any atom is 0.416 e. The summed E-state index contributed by atoms with van der Waals surface area (Å²) in [5, 5.41) is 16.7. The van der Waals surface area contributed by atoms with Crippen LogP contribution in [0.2, 0.25) is 0 Å². The molecular weight excluding hydrogens is 456 g/mol. The zero-order valence-electron chi connectivity index (χ0n) is 16.8. The average Bonchev–Trinajstić information content (AvgIpc) is 3.15. The van der Waals surface area contributed by atoms with E-state index in [0.717, 1.165) is 5.56 Å². The lowest BCUT2D eigenvalue weighted by Gasteiger charge is -2.14. The molecule has 0 atom stereocenters. The van der Waals surface area contributed by atoms with Gasteiger partial charge in [0.1, 0.15) is 0 Å². The molecule has 2 aromatic carbocycles. The van der Waals surface area contributed by atoms with E-state index in [1.807, 2.05) is 0 Å². The lowest BCUT2D eigenvalue weighted by molar-refractivity contribution is -0.143. The lowest BCUT2D eigenvalue weighted by Crippen LogP contribution is -2.12. The van der Waals surface area contributed by atoms with Crippen molar-refractivity contribution in [3.05, 3.63) is 82.2 Å². The molecule has 33 heavy (non-hydrogen) atoms. The molecule has 12 heteroatoms. The van der Waals surface area contributed by atoms with Crippen LogP contribution >= 0.6 is 0 Å². The Kier molecular flexibility index (Phi) is 6.47. The Morgan fingerprint density at radius 3 is 2.12 bits per heavy atom. The number of hydrogen-bond acceptors (Lipinski definition) is 5. The quantitative estimate of drug-likeness (QED) is 0.268. The van der Waals surface area contributed by atoms with Gasteiger partial charge in [-0.1, -0.05) is 35.5 Å². The van der Waals surface area contributed by atoms with Gasteiger partial charge in [-0.05, 0) is 30.7 Å². The molecule has 1 aromatic heterocycles. The molecule has 0 spiro atoms. The maximum absolute atomic E-state index is 13.0. The molecule has 0 saturated heterocycles. The molecule has 0 unspecified atom stereocenters. The highest BCUT2D eigenvalue weighted by Gasteiger charge is 2.37. The Morgan fingerprint density at radius 1 is 1.03 bits per heavy atom. The second-order valence-corrected chi connectivity index (χ2v) is 6.90. The molecule has 3 rings (SSSR count). The number of hydrazone groups is 1. The molecule has 0 radical (unpaired) electrons. The van der Waals surface area contributed by atoms with Crippen LogP contribution in [0.15, 0.2) is 58.2 Å². The van der Waals surface area contributed by atoms with Crippen LogP contribution in [0, 0.1) is 0 Å². The van der Waals surface area contributed by atoms with E-state index in [9.17, 15) is 36.2 Å². The molecule has 0 bridgehead atoms. The highest BCUT2D eigenvalue weighted by molar-refractivity contribution is 6.07. The average molecular weight is 471 g/mol. The minimum atomic E-state index is -5.02. The minimum Gasteiger partial charge on any atom is -0.476 e. The molecule has 0 aliphatic rings. The van der Waals surface area contributed by atoms with Crippen molar-refractivity contribution in [2.45, 2.75) is 25.7 Å². The Bertz CT molecular complexity index is 1150. The third kappa shape index (κ3) is 5.70. The van der Waals surface area contributed by atoms with Crippen LogP contribution in [0.3, 0.4) is 0 Å². The molecule has 0 saturated carbocycles. The van der Waals surface area contributed by atoms with E-state index in [-0.39, 0.29) is 29.5 Å². The number of anilines is 1. The number of rotatable bonds is 6. The second-order valence-electron chi connectivity index (χ2n) is 6.90. The van der Waals surface area contributed by atoms with E-state index >= 15 is 0 Å². The number of benzene rings is 2. The van der Waals surface area contributed by atoms with E-state index in [4.69, 9.17) is 4.52 Å². The largest absolute Gasteiger partial charge is 0.476 e. The predicted octanol–water partition coefficient (Wildman–Crippen LogP) is 5.84. The number of nitrogens with one attached hydrogen (secondary N) is 1. The van der Waals surface area contributed by atoms with Crippen molar-refractivity contribution in [3.8, 4) is 0 Å². The Hall–Kier alpha value is -3.83. The summed E-state index contributed by atoms with van der Waals surface area (Å²) < 4.78 is 83.4. The first-order valence-corrected chi connectivity index (χ1v) is 9.22. The topological polar surface area (TPSA) is 87.7 Å². The Balaban J connectivity index is 1.99. The van der Waals surface area contributed by atoms with Gasteiger partial charge in [0.05, 0.1) is 28.1 Å². The van der Waals surface area contributed by atoms with Crippen molar-refractivity contribution in [3.63, 3.8) is 0 Å². The summed E-state index contributed by atoms with van der Waals surface area (Å²) >= 11 is 0. The first-order chi connectivity index (χ1) is 15.4. The van der Waals surface area contributed by atoms with Crippen molar-refractivity contribution in [2.24, 2.45) is 5.10 Å². The van der Waals surface area contributed by atoms with E-state index in [1.54, 1.807) is 30.3 Å². The maximum atomic E-state index is 13.0. The van der Waals surface area contributed by atoms with Crippen LogP contribution in [0.25, 0.3) is 0 Å². The number of carbonyl (C=O) groups is 1. The molecule has 0 amide bonds. The zero-order valence-corrected chi connectivity index (χ0v) is 16.8. The Morgan fingerprint density at radius 2 is 1.61 bits per heavy atom. The van der Waals surface area contributed by atoms with Crippen LogP contribution in [0.5, 0.6) is 0 Å². The Labute approximate surface area is 182 Å². The standard InChI is InChI=1S/C21H15F6N3O3/c1-11(17-16(33-30-18(17)19(31)32)7-12-5-3-2-4-6-12)28-29-15-9-13(20(22,23)24)8-14(10-15)21(25,26)27/h2-6,8-10,29H,7H2,1H3,(H,31,32)/b28-11-. The van der Waals surface area contributed by atoms with Gasteiger partial charge in [0, 0.05) is 6.42 Å². The van der Waals surface area contributed by atoms with Gasteiger partial charge in [-0.3, -0.25) is 5.43 Å². The molecule has 0 fully saturated rings. The lowest BCUT2D eigenvalue weighted by atomic mass is 10.0. The second kappa shape index (κ2) is 8.96. The van der Waals surface area contributed by atoms with E-state index in [0.29, 0.717) is 12.1 Å². The van der Waals surface area contributed by atoms with Crippen molar-refractivity contribution >= 4 is 17.4 Å². The van der Waals surface area contributed by atoms with Gasteiger partial charge >= 0.3 is 18.3 Å². The highest BCUT2D eigenvalue weighted by atomic mass is 19.4. The fourth-order valence-electron chi connectivity index (χ4n) is 2.97. The third-order valence-corrected chi connectivity index (χ3v) is 4.48. The zero-order chi connectivity index (χ0) is 24.4. The number of carboxylic acid groups (broad SMARTS) is 1. The summed E-state index contributed by atoms with van der Waals surface area (Å²) in [6, 6.07) is 9.68. The van der Waals surface area contributed by atoms with Crippen molar-refractivity contribution < 1.29 is 40.8 Å². The van der Waals surface area contributed by atoms with Crippen LogP contribution in [0.1, 0.15) is 45.4 Å². The minimum absolute atomic E-state index is 0.0117. The first kappa shape index (κ1) is 23.8. The summed E-state index contributed by atoms with van der Waals surface area (Å²) in [4.78, 5) is 11.5. The molecular formula is C21H15F6N3O3. The number of halogens is 6. The van der Waals surface area contributed by atoms with Crippen LogP contribution in [-0.2, 0) is 18.8 Å². The fraction of sp³-hybridized carbons (Fsp3) is 0.190. The van der Waals surface area contributed by atoms with Gasteiger partial charge in [0.25, 0.3) is 0 Å². The summed E-state index contributed by atoms with van der Waals surface area (Å²) in [6.45, 7) is 1.32. The third-order valence-electron chi connectivity index (χ3n) is 4.48. The van der Waals surface area contributed by atoms with Crippen LogP contribution in [0.4, 0.5) is 32.0 Å². The van der Waals surface area contributed by atoms with Crippen molar-refractivity contribution in [2.75, 3.05) is 5.43 Å². The summed E-state index contributed by atoms with van der Waals surface area (Å²) in [5.74, 6) is -1.33. The van der Waals surface area contributed by atoms with Gasteiger partial charge in [-0.2, -0.15) is 31.4 Å². The number of aromatic nitrogens is 1. The molecule has 0 aliphatic heterocycles. The predicted molar refractivity (Wildman–Crippen MR) is 105 cm³/mol. The van der Waals surface area contributed by atoms with Crippen molar-refractivity contribution in [1.82, 2.24) is 5.16 Å². The molecule has 1 heterocycles. The summed E-state index contributed by atoms with van der Waals surface area (Å²) in [5.41, 5.74) is -1.34. The molecule has 0 aliphatic carbocycles. The monoisotopic (exact) mass is 471 g/mol. The van der Waals surface area contributed by atoms with Gasteiger partial charge < -0.3 is 9.63 Å². The van der Waals surface area contributed by atoms with E-state index < -0.39 is 40.8 Å². The molecule has 3 aromatic rings. The number of alkyl halides is 6. The van der Waals surface area contributed by atoms with Gasteiger partial charge in [0.15, 0.2) is 5.76 Å². The van der Waals surface area contributed by atoms with Crippen LogP contribution in [-0.4, -0.2) is 21.9 Å². The van der Waals surface area contributed by atoms with Crippen molar-refractivity contribution in [1.29, 1.82) is 0 Å². The normalized spacial score (nSPS) is 12.6. The molecule has 174 valence electrons. The van der Waals surface area contributed by atoms with Gasteiger partial charge in [-0.15, -0.1) is 0 Å². The number of aromatic carboxylic acids is 1. The van der Waals surface area contributed by atoms with Crippen LogP contribution < -0.4 is 5.43 Å². The number of carboxylic acids is 1. The number of hydrogen-bond donors (Lipinski definition) is 2. The molecule has 6 nitrogen and oxygen atoms in total. The number of nitrogens with zero attached hydrogens (tertiary/aromatic N) is 2. The SMILES string of the molecule is C/C(=N/Nc1cc(C(F)(F)F)cc(C(F)(F)F)c1)c1c(C(=O)O)noc1Cc1ccccc1. The van der Waals surface area contributed by atoms with Gasteiger partial charge in [0.2, 0.25) is 5.69 Å². The van der Waals surface area contributed by atoms with E-state index in [1.165, 1.54) is 6.92 Å². The summed E-state index contributed by atoms with van der Waals surface area (Å²) in [6.07, 6.45) is -9.92. The smallest absolute Gasteiger partial charge is 0.416 e. The van der Waals surface area contributed by atoms with Gasteiger partial charge in [-0.25, -0.2) is 4.79 Å².